The first-order valence-corrected chi connectivity index (χ1v) is 12.5. The summed E-state index contributed by atoms with van der Waals surface area (Å²) in [6.45, 7) is 0. The Kier molecular flexibility index (Phi) is 6.64. The molecule has 0 bridgehead atoms. The average molecular weight is 500 g/mol. The van der Waals surface area contributed by atoms with Gasteiger partial charge in [0.1, 0.15) is 10.8 Å². The molecule has 168 valence electrons. The van der Waals surface area contributed by atoms with E-state index < -0.39 is 15.9 Å². The lowest BCUT2D eigenvalue weighted by Crippen LogP contribution is -2.16. The van der Waals surface area contributed by atoms with Crippen LogP contribution in [-0.4, -0.2) is 24.4 Å². The molecule has 1 aromatic heterocycles. The maximum Gasteiger partial charge on any atom is 0.261 e. The smallest absolute Gasteiger partial charge is 0.261 e. The highest BCUT2D eigenvalue weighted by Gasteiger charge is 2.18. The van der Waals surface area contributed by atoms with Gasteiger partial charge in [-0.1, -0.05) is 48.0 Å². The van der Waals surface area contributed by atoms with Crippen molar-refractivity contribution < 1.29 is 18.3 Å². The van der Waals surface area contributed by atoms with Crippen LogP contribution in [0, 0.1) is 0 Å². The van der Waals surface area contributed by atoms with Crippen LogP contribution < -0.4 is 10.0 Å². The lowest BCUT2D eigenvalue weighted by Gasteiger charge is -2.11. The summed E-state index contributed by atoms with van der Waals surface area (Å²) in [4.78, 5) is 16.9. The zero-order chi connectivity index (χ0) is 23.4. The molecule has 0 radical (unpaired) electrons. The van der Waals surface area contributed by atoms with E-state index in [0.29, 0.717) is 16.4 Å². The summed E-state index contributed by atoms with van der Waals surface area (Å²) in [5, 5.41) is 15.7. The van der Waals surface area contributed by atoms with Crippen molar-refractivity contribution >= 4 is 50.2 Å². The first-order valence-electron chi connectivity index (χ1n) is 9.71. The number of amides is 1. The van der Waals surface area contributed by atoms with Crippen LogP contribution in [0.5, 0.6) is 5.75 Å². The molecule has 4 aromatic rings. The van der Waals surface area contributed by atoms with Crippen molar-refractivity contribution in [2.75, 3.05) is 10.0 Å². The fourth-order valence-electron chi connectivity index (χ4n) is 3.01. The van der Waals surface area contributed by atoms with Crippen LogP contribution in [0.4, 0.5) is 11.4 Å². The van der Waals surface area contributed by atoms with Gasteiger partial charge in [0.25, 0.3) is 10.0 Å². The predicted octanol–water partition coefficient (Wildman–Crippen LogP) is 5.15. The molecule has 0 fully saturated rings. The topological polar surface area (TPSA) is 108 Å². The molecule has 3 aromatic carbocycles. The minimum atomic E-state index is -3.97. The van der Waals surface area contributed by atoms with Gasteiger partial charge in [-0.15, -0.1) is 11.3 Å². The molecule has 33 heavy (non-hydrogen) atoms. The monoisotopic (exact) mass is 499 g/mol. The Bertz CT molecular complexity index is 1410. The van der Waals surface area contributed by atoms with Crippen molar-refractivity contribution in [2.24, 2.45) is 0 Å². The van der Waals surface area contributed by atoms with Crippen molar-refractivity contribution in [3.8, 4) is 16.3 Å². The molecule has 0 saturated carbocycles. The Morgan fingerprint density at radius 1 is 1.03 bits per heavy atom. The number of carbonyl (C=O) groups is 1. The molecule has 1 heterocycles. The van der Waals surface area contributed by atoms with E-state index in [1.165, 1.54) is 35.6 Å². The van der Waals surface area contributed by atoms with Crippen molar-refractivity contribution in [1.29, 1.82) is 0 Å². The SMILES string of the molecule is O=C(Cc1csc(-c2ccccc2)n1)Nc1cc(S(=O)(=O)Nc2cccc(Cl)c2)ccc1O. The Morgan fingerprint density at radius 3 is 2.58 bits per heavy atom. The maximum absolute atomic E-state index is 12.7. The molecular weight excluding hydrogens is 482 g/mol. The molecule has 0 aliphatic heterocycles. The second-order valence-electron chi connectivity index (χ2n) is 7.03. The van der Waals surface area contributed by atoms with Crippen LogP contribution in [0.25, 0.3) is 10.6 Å². The lowest BCUT2D eigenvalue weighted by molar-refractivity contribution is -0.115. The highest BCUT2D eigenvalue weighted by molar-refractivity contribution is 7.92. The van der Waals surface area contributed by atoms with Gasteiger partial charge in [0.05, 0.1) is 28.4 Å². The number of nitrogens with zero attached hydrogens (tertiary/aromatic N) is 1. The zero-order valence-electron chi connectivity index (χ0n) is 17.0. The fraction of sp³-hybridized carbons (Fsp3) is 0.0435. The molecule has 0 aliphatic carbocycles. The van der Waals surface area contributed by atoms with E-state index in [1.807, 2.05) is 30.3 Å². The fourth-order valence-corrected chi connectivity index (χ4v) is 5.10. The second-order valence-corrected chi connectivity index (χ2v) is 10.0. The van der Waals surface area contributed by atoms with Crippen LogP contribution in [-0.2, 0) is 21.2 Å². The highest BCUT2D eigenvalue weighted by atomic mass is 35.5. The molecule has 0 unspecified atom stereocenters. The summed E-state index contributed by atoms with van der Waals surface area (Å²) in [5.74, 6) is -0.694. The summed E-state index contributed by atoms with van der Waals surface area (Å²) >= 11 is 7.33. The van der Waals surface area contributed by atoms with Gasteiger partial charge >= 0.3 is 0 Å². The number of benzene rings is 3. The standard InChI is InChI=1S/C23H18ClN3O4S2/c24-16-7-4-8-17(11-16)27-33(30,31)19-9-10-21(28)20(13-19)26-22(29)12-18-14-32-23(25-18)15-5-2-1-3-6-15/h1-11,13-14,27-28H,12H2,(H,26,29). The molecule has 3 N–H and O–H groups in total. The summed E-state index contributed by atoms with van der Waals surface area (Å²) in [6.07, 6.45) is -0.0273. The molecule has 10 heteroatoms. The number of carbonyl (C=O) groups excluding carboxylic acids is 1. The number of thiazole rings is 1. The number of rotatable bonds is 7. The van der Waals surface area contributed by atoms with Gasteiger partial charge in [0.15, 0.2) is 0 Å². The molecule has 7 nitrogen and oxygen atoms in total. The van der Waals surface area contributed by atoms with Crippen molar-refractivity contribution in [2.45, 2.75) is 11.3 Å². The molecular formula is C23H18ClN3O4S2. The third kappa shape index (κ3) is 5.70. The molecule has 0 saturated heterocycles. The Hall–Kier alpha value is -3.40. The third-order valence-electron chi connectivity index (χ3n) is 4.54. The minimum Gasteiger partial charge on any atom is -0.506 e. The Morgan fingerprint density at radius 2 is 1.82 bits per heavy atom. The van der Waals surface area contributed by atoms with Crippen LogP contribution in [0.1, 0.15) is 5.69 Å². The van der Waals surface area contributed by atoms with Crippen LogP contribution in [0.3, 0.4) is 0 Å². The van der Waals surface area contributed by atoms with E-state index >= 15 is 0 Å². The van der Waals surface area contributed by atoms with Gasteiger partial charge in [-0.05, 0) is 36.4 Å². The van der Waals surface area contributed by atoms with E-state index in [1.54, 1.807) is 23.6 Å². The highest BCUT2D eigenvalue weighted by Crippen LogP contribution is 2.29. The van der Waals surface area contributed by atoms with Gasteiger partial charge in [0, 0.05) is 16.0 Å². The first kappa shape index (κ1) is 22.8. The molecule has 4 rings (SSSR count). The van der Waals surface area contributed by atoms with Gasteiger partial charge in [-0.2, -0.15) is 0 Å². The zero-order valence-corrected chi connectivity index (χ0v) is 19.4. The second kappa shape index (κ2) is 9.62. The Balaban J connectivity index is 1.48. The van der Waals surface area contributed by atoms with Gasteiger partial charge in [0.2, 0.25) is 5.91 Å². The lowest BCUT2D eigenvalue weighted by atomic mass is 10.2. The molecule has 0 atom stereocenters. The largest absolute Gasteiger partial charge is 0.506 e. The van der Waals surface area contributed by atoms with Gasteiger partial charge < -0.3 is 10.4 Å². The normalized spacial score (nSPS) is 11.2. The Labute approximate surface area is 199 Å². The number of aromatic hydroxyl groups is 1. The molecule has 0 spiro atoms. The number of sulfonamides is 1. The van der Waals surface area contributed by atoms with Crippen LogP contribution in [0.15, 0.2) is 83.1 Å². The maximum atomic E-state index is 12.7. The number of anilines is 2. The van der Waals surface area contributed by atoms with Gasteiger partial charge in [-0.3, -0.25) is 9.52 Å². The van der Waals surface area contributed by atoms with Crippen molar-refractivity contribution in [1.82, 2.24) is 4.98 Å². The average Bonchev–Trinajstić information content (AvgIpc) is 3.24. The number of hydrogen-bond acceptors (Lipinski definition) is 6. The summed E-state index contributed by atoms with van der Waals surface area (Å²) in [5.41, 5.74) is 1.80. The van der Waals surface area contributed by atoms with E-state index in [9.17, 15) is 18.3 Å². The van der Waals surface area contributed by atoms with Crippen LogP contribution in [0.2, 0.25) is 5.02 Å². The minimum absolute atomic E-state index is 0.0209. The van der Waals surface area contributed by atoms with Crippen molar-refractivity contribution in [3.05, 3.63) is 88.9 Å². The first-order chi connectivity index (χ1) is 15.8. The molecule has 0 aliphatic rings. The number of aromatic nitrogens is 1. The molecule has 1 amide bonds. The number of nitrogens with one attached hydrogen (secondary N) is 2. The number of halogens is 1. The number of phenols is 1. The predicted molar refractivity (Wildman–Crippen MR) is 130 cm³/mol. The number of hydrogen-bond donors (Lipinski definition) is 3. The van der Waals surface area contributed by atoms with E-state index in [-0.39, 0.29) is 22.8 Å². The quantitative estimate of drug-likeness (QED) is 0.305. The van der Waals surface area contributed by atoms with Crippen molar-refractivity contribution in [3.63, 3.8) is 0 Å². The third-order valence-corrected chi connectivity index (χ3v) is 7.10. The summed E-state index contributed by atoms with van der Waals surface area (Å²) in [7, 11) is -3.97. The van der Waals surface area contributed by atoms with E-state index in [4.69, 9.17) is 11.6 Å². The number of phenolic OH excluding ortho intramolecular Hbond substituents is 1. The van der Waals surface area contributed by atoms with Gasteiger partial charge in [-0.25, -0.2) is 13.4 Å². The summed E-state index contributed by atoms with van der Waals surface area (Å²) in [6, 6.07) is 19.5. The summed E-state index contributed by atoms with van der Waals surface area (Å²) < 4.78 is 27.9. The van der Waals surface area contributed by atoms with E-state index in [0.717, 1.165) is 10.6 Å². The van der Waals surface area contributed by atoms with E-state index in [2.05, 4.69) is 15.0 Å². The van der Waals surface area contributed by atoms with Crippen LogP contribution >= 0.6 is 22.9 Å².